The topological polar surface area (TPSA) is 52.6 Å². The molecule has 0 aromatic heterocycles. The van der Waals surface area contributed by atoms with Crippen LogP contribution in [-0.4, -0.2) is 26.2 Å². The van der Waals surface area contributed by atoms with E-state index in [-0.39, 0.29) is 5.75 Å². The Morgan fingerprint density at radius 1 is 1.31 bits per heavy atom. The molecule has 0 aliphatic carbocycles. The smallest absolute Gasteiger partial charge is 0.202 e. The minimum absolute atomic E-state index is 0.0832. The van der Waals surface area contributed by atoms with Crippen molar-refractivity contribution in [3.8, 4) is 11.5 Å². The Balaban J connectivity index is 2.30. The first-order valence-electron chi connectivity index (χ1n) is 5.23. The van der Waals surface area contributed by atoms with Gasteiger partial charge in [-0.05, 0) is 12.1 Å². The highest BCUT2D eigenvalue weighted by Crippen LogP contribution is 2.31. The van der Waals surface area contributed by atoms with Crippen molar-refractivity contribution in [1.29, 1.82) is 0 Å². The minimum atomic E-state index is -3.19. The van der Waals surface area contributed by atoms with E-state index in [0.29, 0.717) is 24.5 Å². The Bertz CT molecular complexity index is 467. The molecular weight excluding hydrogens is 228 g/mol. The van der Waals surface area contributed by atoms with Crippen molar-refractivity contribution in [3.63, 3.8) is 0 Å². The van der Waals surface area contributed by atoms with Crippen LogP contribution in [0.25, 0.3) is 0 Å². The van der Waals surface area contributed by atoms with Crippen LogP contribution in [0, 0.1) is 0 Å². The van der Waals surface area contributed by atoms with Crippen LogP contribution in [0.2, 0.25) is 0 Å². The zero-order chi connectivity index (χ0) is 11.6. The van der Waals surface area contributed by atoms with Gasteiger partial charge in [0.1, 0.15) is 0 Å². The monoisotopic (exact) mass is 242 g/mol. The number of benzene rings is 1. The quantitative estimate of drug-likeness (QED) is 0.790. The van der Waals surface area contributed by atoms with Crippen molar-refractivity contribution in [2.75, 3.05) is 12.4 Å². The normalized spacial score (nSPS) is 20.2. The number of rotatable bonds is 2. The molecule has 0 fully saturated rings. The van der Waals surface area contributed by atoms with E-state index in [2.05, 4.69) is 0 Å². The summed E-state index contributed by atoms with van der Waals surface area (Å²) in [6, 6.07) is 7.12. The second-order valence-corrected chi connectivity index (χ2v) is 6.01. The van der Waals surface area contributed by atoms with Crippen molar-refractivity contribution in [1.82, 2.24) is 0 Å². The maximum absolute atomic E-state index is 11.7. The Labute approximate surface area is 95.1 Å². The number of ether oxygens (including phenoxy) is 2. The summed E-state index contributed by atoms with van der Waals surface area (Å²) in [6.45, 7) is 1.98. The molecule has 0 saturated heterocycles. The highest BCUT2D eigenvalue weighted by atomic mass is 32.2. The predicted molar refractivity (Wildman–Crippen MR) is 60.4 cm³/mol. The Kier molecular flexibility index (Phi) is 3.05. The average molecular weight is 242 g/mol. The first kappa shape index (κ1) is 11.3. The van der Waals surface area contributed by atoms with E-state index in [1.54, 1.807) is 25.1 Å². The largest absolute Gasteiger partial charge is 0.490 e. The fourth-order valence-corrected chi connectivity index (χ4v) is 2.65. The molecule has 0 N–H and O–H groups in total. The molecule has 0 radical (unpaired) electrons. The van der Waals surface area contributed by atoms with Crippen LogP contribution in [0.15, 0.2) is 24.3 Å². The minimum Gasteiger partial charge on any atom is -0.490 e. The van der Waals surface area contributed by atoms with E-state index in [9.17, 15) is 8.42 Å². The summed E-state index contributed by atoms with van der Waals surface area (Å²) in [7, 11) is -3.19. The highest BCUT2D eigenvalue weighted by Gasteiger charge is 2.28. The number of sulfone groups is 1. The molecule has 0 spiro atoms. The van der Waals surface area contributed by atoms with Crippen LogP contribution in [0.5, 0.6) is 11.5 Å². The summed E-state index contributed by atoms with van der Waals surface area (Å²) < 4.78 is 34.4. The van der Waals surface area contributed by atoms with Crippen molar-refractivity contribution in [3.05, 3.63) is 24.3 Å². The maximum Gasteiger partial charge on any atom is 0.202 e. The van der Waals surface area contributed by atoms with Gasteiger partial charge in [-0.3, -0.25) is 0 Å². The van der Waals surface area contributed by atoms with Gasteiger partial charge in [0.2, 0.25) is 5.44 Å². The van der Waals surface area contributed by atoms with Gasteiger partial charge in [0.15, 0.2) is 21.3 Å². The molecule has 1 atom stereocenters. The van der Waals surface area contributed by atoms with Crippen LogP contribution in [-0.2, 0) is 9.84 Å². The first-order valence-corrected chi connectivity index (χ1v) is 6.95. The molecule has 1 heterocycles. The predicted octanol–water partition coefficient (Wildman–Crippen LogP) is 1.61. The van der Waals surface area contributed by atoms with E-state index in [0.717, 1.165) is 0 Å². The molecule has 88 valence electrons. The second-order valence-electron chi connectivity index (χ2n) is 3.58. The molecule has 5 heteroatoms. The van der Waals surface area contributed by atoms with Gasteiger partial charge in [0.25, 0.3) is 0 Å². The summed E-state index contributed by atoms with van der Waals surface area (Å²) >= 11 is 0. The molecule has 1 aliphatic rings. The van der Waals surface area contributed by atoms with Gasteiger partial charge in [-0.1, -0.05) is 19.1 Å². The van der Waals surface area contributed by atoms with Crippen LogP contribution in [0.3, 0.4) is 0 Å². The molecule has 0 bridgehead atoms. The third-order valence-corrected chi connectivity index (χ3v) is 4.46. The van der Waals surface area contributed by atoms with Gasteiger partial charge in [-0.15, -0.1) is 0 Å². The zero-order valence-corrected chi connectivity index (χ0v) is 9.87. The van der Waals surface area contributed by atoms with Crippen molar-refractivity contribution < 1.29 is 17.9 Å². The number of fused-ring (bicyclic) bond motifs is 1. The lowest BCUT2D eigenvalue weighted by molar-refractivity contribution is 0.258. The molecule has 1 unspecified atom stereocenters. The van der Waals surface area contributed by atoms with Crippen LogP contribution in [0.4, 0.5) is 0 Å². The Morgan fingerprint density at radius 2 is 2.00 bits per heavy atom. The molecule has 4 nitrogen and oxygen atoms in total. The lowest BCUT2D eigenvalue weighted by Gasteiger charge is -2.15. The van der Waals surface area contributed by atoms with E-state index >= 15 is 0 Å². The molecule has 1 aliphatic heterocycles. The molecule has 16 heavy (non-hydrogen) atoms. The molecule has 0 saturated carbocycles. The molecule has 2 rings (SSSR count). The first-order chi connectivity index (χ1) is 7.63. The van der Waals surface area contributed by atoms with E-state index in [1.807, 2.05) is 6.07 Å². The van der Waals surface area contributed by atoms with E-state index in [1.165, 1.54) is 0 Å². The number of para-hydroxylation sites is 2. The fraction of sp³-hybridized carbons (Fsp3) is 0.455. The maximum atomic E-state index is 11.7. The standard InChI is InChI=1S/C11H14O4S/c1-2-16(12,13)11-7-8-14-9-5-3-4-6-10(9)15-11/h3-6,11H,2,7-8H2,1H3. The lowest BCUT2D eigenvalue weighted by Crippen LogP contribution is -2.29. The van der Waals surface area contributed by atoms with Crippen LogP contribution >= 0.6 is 0 Å². The van der Waals surface area contributed by atoms with Gasteiger partial charge in [0.05, 0.1) is 12.4 Å². The average Bonchev–Trinajstić information content (AvgIpc) is 2.51. The van der Waals surface area contributed by atoms with Crippen molar-refractivity contribution in [2.24, 2.45) is 0 Å². The van der Waals surface area contributed by atoms with E-state index in [4.69, 9.17) is 9.47 Å². The zero-order valence-electron chi connectivity index (χ0n) is 9.05. The Morgan fingerprint density at radius 3 is 2.69 bits per heavy atom. The van der Waals surface area contributed by atoms with Gasteiger partial charge in [0, 0.05) is 6.42 Å². The van der Waals surface area contributed by atoms with Gasteiger partial charge >= 0.3 is 0 Å². The van der Waals surface area contributed by atoms with Gasteiger partial charge in [-0.2, -0.15) is 0 Å². The third kappa shape index (κ3) is 2.14. The lowest BCUT2D eigenvalue weighted by atomic mass is 10.3. The van der Waals surface area contributed by atoms with Crippen LogP contribution < -0.4 is 9.47 Å². The molecule has 0 amide bonds. The highest BCUT2D eigenvalue weighted by molar-refractivity contribution is 7.91. The fourth-order valence-electron chi connectivity index (χ4n) is 1.57. The third-order valence-electron chi connectivity index (χ3n) is 2.52. The summed E-state index contributed by atoms with van der Waals surface area (Å²) in [4.78, 5) is 0. The van der Waals surface area contributed by atoms with Crippen molar-refractivity contribution in [2.45, 2.75) is 18.8 Å². The number of hydrogen-bond donors (Lipinski definition) is 0. The molecule has 1 aromatic rings. The van der Waals surface area contributed by atoms with E-state index < -0.39 is 15.3 Å². The number of hydrogen-bond acceptors (Lipinski definition) is 4. The SMILES string of the molecule is CCS(=O)(=O)C1CCOc2ccccc2O1. The summed E-state index contributed by atoms with van der Waals surface area (Å²) in [5.41, 5.74) is -0.791. The van der Waals surface area contributed by atoms with Crippen molar-refractivity contribution >= 4 is 9.84 Å². The summed E-state index contributed by atoms with van der Waals surface area (Å²) in [5, 5.41) is 0. The van der Waals surface area contributed by atoms with Gasteiger partial charge in [-0.25, -0.2) is 8.42 Å². The molecule has 1 aromatic carbocycles. The molecular formula is C11H14O4S. The Hall–Kier alpha value is -1.23. The van der Waals surface area contributed by atoms with Crippen LogP contribution in [0.1, 0.15) is 13.3 Å². The summed E-state index contributed by atoms with van der Waals surface area (Å²) in [6.07, 6.45) is 0.366. The van der Waals surface area contributed by atoms with Gasteiger partial charge < -0.3 is 9.47 Å². The second kappa shape index (κ2) is 4.33. The summed E-state index contributed by atoms with van der Waals surface area (Å²) in [5.74, 6) is 1.19.